The molecular formula is C23H31N5O3. The molecule has 1 unspecified atom stereocenters. The summed E-state index contributed by atoms with van der Waals surface area (Å²) in [5.41, 5.74) is 1.79. The first-order valence-electron chi connectivity index (χ1n) is 11.2. The van der Waals surface area contributed by atoms with Gasteiger partial charge in [0.05, 0.1) is 32.3 Å². The summed E-state index contributed by atoms with van der Waals surface area (Å²) in [7, 11) is 1.66. The lowest BCUT2D eigenvalue weighted by Gasteiger charge is -2.28. The molecule has 0 aliphatic carbocycles. The normalized spacial score (nSPS) is 17.1. The Morgan fingerprint density at radius 3 is 2.81 bits per heavy atom. The summed E-state index contributed by atoms with van der Waals surface area (Å²) in [4.78, 5) is 22.9. The molecular weight excluding hydrogens is 394 g/mol. The number of aromatic nitrogens is 2. The number of aryl methyl sites for hydroxylation is 1. The van der Waals surface area contributed by atoms with Gasteiger partial charge < -0.3 is 18.9 Å². The van der Waals surface area contributed by atoms with Crippen LogP contribution < -0.4 is 14.8 Å². The second kappa shape index (κ2) is 9.85. The van der Waals surface area contributed by atoms with Gasteiger partial charge in [0.2, 0.25) is 11.9 Å². The largest absolute Gasteiger partial charge is 0.492 e. The van der Waals surface area contributed by atoms with Crippen LogP contribution in [0.2, 0.25) is 0 Å². The number of carbonyl (C=O) groups excluding carboxylic acids is 1. The molecule has 166 valence electrons. The van der Waals surface area contributed by atoms with Gasteiger partial charge >= 0.3 is 0 Å². The van der Waals surface area contributed by atoms with E-state index in [2.05, 4.69) is 19.9 Å². The van der Waals surface area contributed by atoms with E-state index in [0.29, 0.717) is 19.1 Å². The predicted octanol–water partition coefficient (Wildman–Crippen LogP) is 3.63. The van der Waals surface area contributed by atoms with E-state index in [1.165, 1.54) is 19.3 Å². The number of rotatable bonds is 11. The van der Waals surface area contributed by atoms with Crippen molar-refractivity contribution in [2.24, 2.45) is 4.99 Å². The zero-order valence-corrected chi connectivity index (χ0v) is 18.3. The van der Waals surface area contributed by atoms with Crippen molar-refractivity contribution in [3.63, 3.8) is 0 Å². The van der Waals surface area contributed by atoms with Crippen LogP contribution in [-0.2, 0) is 17.9 Å². The monoisotopic (exact) mass is 425 g/mol. The van der Waals surface area contributed by atoms with E-state index in [-0.39, 0.29) is 11.9 Å². The first-order chi connectivity index (χ1) is 15.2. The Kier molecular flexibility index (Phi) is 6.74. The van der Waals surface area contributed by atoms with Crippen LogP contribution in [-0.4, -0.2) is 46.1 Å². The van der Waals surface area contributed by atoms with Crippen LogP contribution in [0, 0.1) is 0 Å². The molecule has 2 aliphatic heterocycles. The van der Waals surface area contributed by atoms with Crippen molar-refractivity contribution in [2.45, 2.75) is 64.6 Å². The Hall–Kier alpha value is -3.03. The minimum absolute atomic E-state index is 0.00882. The lowest BCUT2D eigenvalue weighted by atomic mass is 10.1. The van der Waals surface area contributed by atoms with Gasteiger partial charge in [-0.2, -0.15) is 0 Å². The van der Waals surface area contributed by atoms with Crippen molar-refractivity contribution >= 4 is 17.6 Å². The van der Waals surface area contributed by atoms with E-state index >= 15 is 0 Å². The van der Waals surface area contributed by atoms with E-state index in [4.69, 9.17) is 9.47 Å². The number of hydrogen-bond donors (Lipinski definition) is 1. The molecule has 0 bridgehead atoms. The van der Waals surface area contributed by atoms with Gasteiger partial charge in [-0.15, -0.1) is 0 Å². The smallest absolute Gasteiger partial charge is 0.249 e. The maximum Gasteiger partial charge on any atom is 0.249 e. The van der Waals surface area contributed by atoms with E-state index in [1.54, 1.807) is 7.11 Å². The fraction of sp³-hybridized carbons (Fsp3) is 0.522. The van der Waals surface area contributed by atoms with E-state index in [9.17, 15) is 4.79 Å². The van der Waals surface area contributed by atoms with E-state index in [0.717, 1.165) is 48.6 Å². The van der Waals surface area contributed by atoms with E-state index < -0.39 is 0 Å². The number of nitrogens with zero attached hydrogens (tertiary/aromatic N) is 4. The molecule has 1 aromatic carbocycles. The number of hydrogen-bond acceptors (Lipinski definition) is 6. The standard InChI is InChI=1S/C23H31N5O3/c1-3-19-22(29)26-23-25-18-9-10-20(21(30-2)17(18)15-28(19)23)31-14-8-6-4-5-7-12-27-13-11-24-16-27/h9-11,13,16,19H,3-8,12,14-15H2,1-2H3,(H,25,26,29). The minimum atomic E-state index is -0.185. The maximum atomic E-state index is 12.2. The number of nitrogens with one attached hydrogen (secondary N) is 1. The number of carbonyl (C=O) groups is 1. The molecule has 3 heterocycles. The molecule has 1 amide bonds. The highest BCUT2D eigenvalue weighted by Crippen LogP contribution is 2.41. The molecule has 2 aliphatic rings. The summed E-state index contributed by atoms with van der Waals surface area (Å²) < 4.78 is 13.9. The maximum absolute atomic E-state index is 12.2. The average molecular weight is 426 g/mol. The number of methoxy groups -OCH3 is 1. The zero-order chi connectivity index (χ0) is 21.6. The minimum Gasteiger partial charge on any atom is -0.492 e. The van der Waals surface area contributed by atoms with Gasteiger partial charge in [0, 0.05) is 24.5 Å². The Morgan fingerprint density at radius 1 is 1.19 bits per heavy atom. The topological polar surface area (TPSA) is 81.0 Å². The molecule has 0 saturated carbocycles. The molecule has 8 nitrogen and oxygen atoms in total. The summed E-state index contributed by atoms with van der Waals surface area (Å²) in [6.07, 6.45) is 12.2. The molecule has 1 aromatic heterocycles. The third-order valence-electron chi connectivity index (χ3n) is 5.91. The van der Waals surface area contributed by atoms with Crippen molar-refractivity contribution in [2.75, 3.05) is 13.7 Å². The summed E-state index contributed by atoms with van der Waals surface area (Å²) in [6.45, 7) is 4.29. The molecule has 0 spiro atoms. The van der Waals surface area contributed by atoms with Gasteiger partial charge in [-0.3, -0.25) is 10.1 Å². The van der Waals surface area contributed by atoms with Crippen molar-refractivity contribution in [3.05, 3.63) is 36.4 Å². The molecule has 8 heteroatoms. The Morgan fingerprint density at radius 2 is 2.03 bits per heavy atom. The van der Waals surface area contributed by atoms with Crippen LogP contribution in [0.1, 0.15) is 51.0 Å². The summed E-state index contributed by atoms with van der Waals surface area (Å²) in [5.74, 6) is 2.10. The Balaban J connectivity index is 1.27. The van der Waals surface area contributed by atoms with Gasteiger partial charge in [0.1, 0.15) is 6.04 Å². The second-order valence-electron chi connectivity index (χ2n) is 7.99. The van der Waals surface area contributed by atoms with Crippen LogP contribution in [0.25, 0.3) is 0 Å². The zero-order valence-electron chi connectivity index (χ0n) is 18.3. The number of imidazole rings is 1. The summed E-state index contributed by atoms with van der Waals surface area (Å²) in [5, 5.41) is 2.88. The Labute approximate surface area is 183 Å². The summed E-state index contributed by atoms with van der Waals surface area (Å²) in [6, 6.07) is 3.67. The molecule has 0 radical (unpaired) electrons. The second-order valence-corrected chi connectivity index (χ2v) is 7.99. The lowest BCUT2D eigenvalue weighted by molar-refractivity contribution is -0.121. The number of unbranched alkanes of at least 4 members (excludes halogenated alkanes) is 4. The SMILES string of the molecule is CCC1C(=O)NC2=Nc3ccc(OCCCCCCCn4ccnc4)c(OC)c3CN21. The quantitative estimate of drug-likeness (QED) is 0.556. The van der Waals surface area contributed by atoms with Crippen molar-refractivity contribution in [1.82, 2.24) is 19.8 Å². The van der Waals surface area contributed by atoms with Crippen LogP contribution in [0.3, 0.4) is 0 Å². The number of ether oxygens (including phenoxy) is 2. The number of aliphatic imine (C=N–C) groups is 1. The molecule has 2 aromatic rings. The first-order valence-corrected chi connectivity index (χ1v) is 11.2. The molecule has 1 fully saturated rings. The van der Waals surface area contributed by atoms with E-state index in [1.807, 2.05) is 42.7 Å². The Bertz CT molecular complexity index is 926. The fourth-order valence-corrected chi connectivity index (χ4v) is 4.24. The molecule has 1 N–H and O–H groups in total. The van der Waals surface area contributed by atoms with Crippen LogP contribution in [0.15, 0.2) is 35.8 Å². The highest BCUT2D eigenvalue weighted by molar-refractivity contribution is 6.07. The first kappa shape index (κ1) is 21.2. The van der Waals surface area contributed by atoms with Gasteiger partial charge in [0.25, 0.3) is 0 Å². The van der Waals surface area contributed by atoms with Gasteiger partial charge in [-0.25, -0.2) is 9.98 Å². The number of benzene rings is 1. The molecule has 1 atom stereocenters. The number of amides is 1. The van der Waals surface area contributed by atoms with Crippen molar-refractivity contribution in [1.29, 1.82) is 0 Å². The van der Waals surface area contributed by atoms with Crippen molar-refractivity contribution in [3.8, 4) is 11.5 Å². The predicted molar refractivity (Wildman–Crippen MR) is 119 cm³/mol. The molecule has 1 saturated heterocycles. The molecule has 4 rings (SSSR count). The number of fused-ring (bicyclic) bond motifs is 2. The van der Waals surface area contributed by atoms with Gasteiger partial charge in [-0.1, -0.05) is 26.2 Å². The highest BCUT2D eigenvalue weighted by Gasteiger charge is 2.39. The van der Waals surface area contributed by atoms with Crippen LogP contribution in [0.4, 0.5) is 5.69 Å². The highest BCUT2D eigenvalue weighted by atomic mass is 16.5. The third-order valence-corrected chi connectivity index (χ3v) is 5.91. The third kappa shape index (κ3) is 4.68. The summed E-state index contributed by atoms with van der Waals surface area (Å²) >= 11 is 0. The fourth-order valence-electron chi connectivity index (χ4n) is 4.24. The average Bonchev–Trinajstić information content (AvgIpc) is 3.40. The van der Waals surface area contributed by atoms with Crippen LogP contribution in [0.5, 0.6) is 11.5 Å². The van der Waals surface area contributed by atoms with Gasteiger partial charge in [-0.05, 0) is 31.4 Å². The van der Waals surface area contributed by atoms with Crippen molar-refractivity contribution < 1.29 is 14.3 Å². The lowest BCUT2D eigenvalue weighted by Crippen LogP contribution is -2.36. The van der Waals surface area contributed by atoms with Gasteiger partial charge in [0.15, 0.2) is 11.5 Å². The number of guanidine groups is 1. The van der Waals surface area contributed by atoms with Crippen LogP contribution >= 0.6 is 0 Å². The molecule has 31 heavy (non-hydrogen) atoms.